The molecule has 0 radical (unpaired) electrons. The topological polar surface area (TPSA) is 71.0 Å². The molecule has 3 heterocycles. The van der Waals surface area contributed by atoms with E-state index in [-0.39, 0.29) is 11.5 Å². The van der Waals surface area contributed by atoms with E-state index in [0.29, 0.717) is 11.5 Å². The molecule has 0 aliphatic carbocycles. The van der Waals surface area contributed by atoms with Crippen molar-refractivity contribution in [1.29, 1.82) is 0 Å². The molecule has 1 N–H and O–H groups in total. The van der Waals surface area contributed by atoms with Crippen LogP contribution in [-0.4, -0.2) is 38.4 Å². The quantitative estimate of drug-likeness (QED) is 0.932. The summed E-state index contributed by atoms with van der Waals surface area (Å²) < 4.78 is 2.17. The Morgan fingerprint density at radius 1 is 1.36 bits per heavy atom. The maximum absolute atomic E-state index is 12.4. The van der Waals surface area contributed by atoms with Gasteiger partial charge in [0.1, 0.15) is 5.82 Å². The molecule has 1 fully saturated rings. The summed E-state index contributed by atoms with van der Waals surface area (Å²) in [6.45, 7) is 4.49. The second-order valence-corrected chi connectivity index (χ2v) is 5.80. The average molecular weight is 300 g/mol. The van der Waals surface area contributed by atoms with Crippen LogP contribution in [0.1, 0.15) is 29.0 Å². The molecule has 6 heteroatoms. The zero-order valence-electron chi connectivity index (χ0n) is 12.7. The molecule has 116 valence electrons. The minimum Gasteiger partial charge on any atom is -0.339 e. The third-order valence-corrected chi connectivity index (χ3v) is 4.31. The van der Waals surface area contributed by atoms with E-state index < -0.39 is 0 Å². The van der Waals surface area contributed by atoms with Gasteiger partial charge in [-0.3, -0.25) is 9.59 Å². The highest BCUT2D eigenvalue weighted by Gasteiger charge is 2.24. The smallest absolute Gasteiger partial charge is 0.255 e. The molecule has 3 rings (SSSR count). The molecule has 2 aromatic rings. The van der Waals surface area contributed by atoms with Crippen LogP contribution in [0.2, 0.25) is 0 Å². The van der Waals surface area contributed by atoms with Crippen molar-refractivity contribution in [3.05, 3.63) is 52.5 Å². The Hall–Kier alpha value is -2.37. The Labute approximate surface area is 128 Å². The van der Waals surface area contributed by atoms with Gasteiger partial charge in [-0.05, 0) is 31.7 Å². The van der Waals surface area contributed by atoms with Gasteiger partial charge in [0.2, 0.25) is 5.56 Å². The fraction of sp³-hybridized carbons (Fsp3) is 0.438. The zero-order valence-corrected chi connectivity index (χ0v) is 12.7. The summed E-state index contributed by atoms with van der Waals surface area (Å²) in [5, 5.41) is 0. The summed E-state index contributed by atoms with van der Waals surface area (Å²) in [5.74, 6) is 1.60. The van der Waals surface area contributed by atoms with Crippen LogP contribution in [-0.2, 0) is 6.54 Å². The molecule has 2 aromatic heterocycles. The van der Waals surface area contributed by atoms with Crippen molar-refractivity contribution in [1.82, 2.24) is 19.4 Å². The summed E-state index contributed by atoms with van der Waals surface area (Å²) in [6.07, 6.45) is 7.31. The first kappa shape index (κ1) is 14.6. The van der Waals surface area contributed by atoms with Crippen LogP contribution >= 0.6 is 0 Å². The first-order valence-corrected chi connectivity index (χ1v) is 7.59. The number of hydrogen-bond acceptors (Lipinski definition) is 3. The van der Waals surface area contributed by atoms with Gasteiger partial charge in [-0.15, -0.1) is 0 Å². The highest BCUT2D eigenvalue weighted by atomic mass is 16.2. The number of nitrogens with one attached hydrogen (secondary N) is 1. The number of carbonyl (C=O) groups is 1. The van der Waals surface area contributed by atoms with Crippen LogP contribution < -0.4 is 5.56 Å². The Morgan fingerprint density at radius 3 is 2.73 bits per heavy atom. The largest absolute Gasteiger partial charge is 0.339 e. The number of amides is 1. The van der Waals surface area contributed by atoms with E-state index in [9.17, 15) is 9.59 Å². The minimum atomic E-state index is -0.189. The van der Waals surface area contributed by atoms with Crippen molar-refractivity contribution in [2.75, 3.05) is 13.1 Å². The second-order valence-electron chi connectivity index (χ2n) is 5.80. The molecule has 0 bridgehead atoms. The second kappa shape index (κ2) is 6.17. The Bertz CT molecular complexity index is 690. The number of likely N-dealkylation sites (tertiary alicyclic amines) is 1. The molecule has 0 atom stereocenters. The lowest BCUT2D eigenvalue weighted by atomic mass is 9.96. The number of carbonyl (C=O) groups excluding carboxylic acids is 1. The van der Waals surface area contributed by atoms with E-state index in [2.05, 4.69) is 14.5 Å². The van der Waals surface area contributed by atoms with Gasteiger partial charge in [0.15, 0.2) is 0 Å². The molecule has 1 aliphatic rings. The number of aryl methyl sites for hydroxylation is 1. The number of aromatic amines is 1. The van der Waals surface area contributed by atoms with Crippen molar-refractivity contribution in [3.8, 4) is 0 Å². The molecule has 0 spiro atoms. The fourth-order valence-corrected chi connectivity index (χ4v) is 2.92. The summed E-state index contributed by atoms with van der Waals surface area (Å²) in [6, 6.07) is 2.98. The number of pyridine rings is 1. The summed E-state index contributed by atoms with van der Waals surface area (Å²) in [5.41, 5.74) is 0.356. The van der Waals surface area contributed by atoms with Crippen LogP contribution in [0.25, 0.3) is 0 Å². The summed E-state index contributed by atoms with van der Waals surface area (Å²) >= 11 is 0. The van der Waals surface area contributed by atoms with Crippen LogP contribution in [0.15, 0.2) is 35.5 Å². The summed E-state index contributed by atoms with van der Waals surface area (Å²) in [4.78, 5) is 32.1. The number of hydrogen-bond donors (Lipinski definition) is 1. The predicted molar refractivity (Wildman–Crippen MR) is 82.7 cm³/mol. The van der Waals surface area contributed by atoms with Crippen LogP contribution in [0.4, 0.5) is 0 Å². The van der Waals surface area contributed by atoms with Crippen LogP contribution in [0.5, 0.6) is 0 Å². The molecule has 1 aliphatic heterocycles. The van der Waals surface area contributed by atoms with Crippen LogP contribution in [0, 0.1) is 12.8 Å². The number of nitrogens with zero attached hydrogens (tertiary/aromatic N) is 3. The third kappa shape index (κ3) is 3.10. The molecule has 0 unspecified atom stereocenters. The molecule has 22 heavy (non-hydrogen) atoms. The minimum absolute atomic E-state index is 0.00601. The molecule has 0 aromatic carbocycles. The van der Waals surface area contributed by atoms with E-state index in [1.165, 1.54) is 12.3 Å². The zero-order chi connectivity index (χ0) is 15.5. The Kier molecular flexibility index (Phi) is 4.09. The van der Waals surface area contributed by atoms with Gasteiger partial charge in [0.25, 0.3) is 5.91 Å². The Morgan fingerprint density at radius 2 is 2.14 bits per heavy atom. The maximum Gasteiger partial charge on any atom is 0.255 e. The standard InChI is InChI=1S/C16H20N4O2/c1-12-17-6-9-20(12)11-13-4-7-19(8-5-13)16(22)14-2-3-15(21)18-10-14/h2-3,6,9-10,13H,4-5,7-8,11H2,1H3,(H,18,21). The van der Waals surface area contributed by atoms with Crippen LogP contribution in [0.3, 0.4) is 0 Å². The van der Waals surface area contributed by atoms with Crippen molar-refractivity contribution in [2.24, 2.45) is 5.92 Å². The monoisotopic (exact) mass is 300 g/mol. The molecule has 6 nitrogen and oxygen atoms in total. The highest BCUT2D eigenvalue weighted by molar-refractivity contribution is 5.93. The lowest BCUT2D eigenvalue weighted by Crippen LogP contribution is -2.39. The number of H-pyrrole nitrogens is 1. The van der Waals surface area contributed by atoms with E-state index >= 15 is 0 Å². The third-order valence-electron chi connectivity index (χ3n) is 4.31. The molecule has 1 saturated heterocycles. The number of piperidine rings is 1. The lowest BCUT2D eigenvalue weighted by Gasteiger charge is -2.32. The van der Waals surface area contributed by atoms with E-state index in [1.807, 2.05) is 24.2 Å². The van der Waals surface area contributed by atoms with Gasteiger partial charge in [-0.2, -0.15) is 0 Å². The first-order chi connectivity index (χ1) is 10.6. The van der Waals surface area contributed by atoms with Crippen molar-refractivity contribution in [2.45, 2.75) is 26.3 Å². The van der Waals surface area contributed by atoms with Gasteiger partial charge in [-0.25, -0.2) is 4.98 Å². The van der Waals surface area contributed by atoms with Crippen molar-refractivity contribution in [3.63, 3.8) is 0 Å². The fourth-order valence-electron chi connectivity index (χ4n) is 2.92. The van der Waals surface area contributed by atoms with Gasteiger partial charge in [-0.1, -0.05) is 0 Å². The van der Waals surface area contributed by atoms with Crippen molar-refractivity contribution < 1.29 is 4.79 Å². The molecule has 0 saturated carbocycles. The van der Waals surface area contributed by atoms with E-state index in [1.54, 1.807) is 6.07 Å². The molecular weight excluding hydrogens is 280 g/mol. The number of rotatable bonds is 3. The normalized spacial score (nSPS) is 16.0. The number of aromatic nitrogens is 3. The molecule has 1 amide bonds. The van der Waals surface area contributed by atoms with E-state index in [0.717, 1.165) is 38.3 Å². The van der Waals surface area contributed by atoms with Gasteiger partial charge in [0.05, 0.1) is 5.56 Å². The SMILES string of the molecule is Cc1nccn1CC1CCN(C(=O)c2ccc(=O)[nH]c2)CC1. The summed E-state index contributed by atoms with van der Waals surface area (Å²) in [7, 11) is 0. The first-order valence-electron chi connectivity index (χ1n) is 7.59. The van der Waals surface area contributed by atoms with Gasteiger partial charge < -0.3 is 14.5 Å². The van der Waals surface area contributed by atoms with Gasteiger partial charge >= 0.3 is 0 Å². The van der Waals surface area contributed by atoms with Gasteiger partial charge in [0, 0.05) is 44.3 Å². The predicted octanol–water partition coefficient (Wildman–Crippen LogP) is 1.43. The van der Waals surface area contributed by atoms with Crippen molar-refractivity contribution >= 4 is 5.91 Å². The molecular formula is C16H20N4O2. The van der Waals surface area contributed by atoms with E-state index in [4.69, 9.17) is 0 Å². The lowest BCUT2D eigenvalue weighted by molar-refractivity contribution is 0.0682. The maximum atomic E-state index is 12.4. The Balaban J connectivity index is 1.57. The average Bonchev–Trinajstić information content (AvgIpc) is 2.93. The number of imidazole rings is 1. The highest BCUT2D eigenvalue weighted by Crippen LogP contribution is 2.21.